The maximum absolute atomic E-state index is 12.4. The Hall–Kier alpha value is -1.13. The van der Waals surface area contributed by atoms with E-state index in [4.69, 9.17) is 0 Å². The Labute approximate surface area is 75.2 Å². The summed E-state index contributed by atoms with van der Waals surface area (Å²) in [6.45, 7) is 3.32. The summed E-state index contributed by atoms with van der Waals surface area (Å²) in [5.41, 5.74) is -1.09. The molecule has 0 spiro atoms. The Kier molecular flexibility index (Phi) is 2.54. The van der Waals surface area contributed by atoms with Gasteiger partial charge in [0.1, 0.15) is 5.92 Å². The van der Waals surface area contributed by atoms with Gasteiger partial charge < -0.3 is 0 Å². The number of rotatable bonds is 5. The fourth-order valence-electron chi connectivity index (χ4n) is 1.20. The molecule has 13 heavy (non-hydrogen) atoms. The molecular formula is C8H11FN2O2. The van der Waals surface area contributed by atoms with Gasteiger partial charge >= 0.3 is 6.04 Å². The number of carbonyl (C=O) groups is 2. The molecule has 0 amide bonds. The lowest BCUT2D eigenvalue weighted by Crippen LogP contribution is -2.33. The SMILES string of the molecule is CCC(C(=O)F)C(=O)C1(CC)N=N1. The first kappa shape index (κ1) is 9.95. The largest absolute Gasteiger partial charge is 0.312 e. The molecule has 0 fully saturated rings. The Morgan fingerprint density at radius 3 is 2.15 bits per heavy atom. The molecule has 0 saturated heterocycles. The highest BCUT2D eigenvalue weighted by Crippen LogP contribution is 2.36. The quantitative estimate of drug-likeness (QED) is 0.484. The van der Waals surface area contributed by atoms with Crippen LogP contribution in [0.4, 0.5) is 4.39 Å². The van der Waals surface area contributed by atoms with E-state index in [2.05, 4.69) is 10.2 Å². The van der Waals surface area contributed by atoms with E-state index in [1.807, 2.05) is 0 Å². The summed E-state index contributed by atoms with van der Waals surface area (Å²) in [7, 11) is 0. The van der Waals surface area contributed by atoms with Crippen molar-refractivity contribution in [1.82, 2.24) is 0 Å². The highest BCUT2D eigenvalue weighted by atomic mass is 19.1. The van der Waals surface area contributed by atoms with Gasteiger partial charge in [-0.1, -0.05) is 13.8 Å². The van der Waals surface area contributed by atoms with Crippen molar-refractivity contribution in [2.24, 2.45) is 16.1 Å². The lowest BCUT2D eigenvalue weighted by molar-refractivity contribution is -0.141. The van der Waals surface area contributed by atoms with Crippen LogP contribution in [-0.4, -0.2) is 17.5 Å². The molecule has 1 heterocycles. The van der Waals surface area contributed by atoms with Crippen LogP contribution in [0.3, 0.4) is 0 Å². The second kappa shape index (κ2) is 3.32. The van der Waals surface area contributed by atoms with Crippen molar-refractivity contribution >= 4 is 11.8 Å². The predicted molar refractivity (Wildman–Crippen MR) is 42.8 cm³/mol. The van der Waals surface area contributed by atoms with Gasteiger partial charge in [-0.3, -0.25) is 9.59 Å². The highest BCUT2D eigenvalue weighted by Gasteiger charge is 2.50. The van der Waals surface area contributed by atoms with Crippen LogP contribution in [0.2, 0.25) is 0 Å². The number of Topliss-reactive ketones (excluding diaryl/α,β-unsaturated/α-hetero) is 1. The Bertz CT molecular complexity index is 269. The summed E-state index contributed by atoms with van der Waals surface area (Å²) in [5, 5.41) is 7.12. The van der Waals surface area contributed by atoms with Crippen LogP contribution >= 0.6 is 0 Å². The van der Waals surface area contributed by atoms with E-state index < -0.39 is 23.4 Å². The van der Waals surface area contributed by atoms with Crippen LogP contribution in [0.1, 0.15) is 26.7 Å². The summed E-state index contributed by atoms with van der Waals surface area (Å²) in [6, 6.07) is -1.59. The number of carbonyl (C=O) groups excluding carboxylic acids is 2. The smallest absolute Gasteiger partial charge is 0.294 e. The number of hydrogen-bond donors (Lipinski definition) is 0. The van der Waals surface area contributed by atoms with Crippen LogP contribution in [0.25, 0.3) is 0 Å². The molecular weight excluding hydrogens is 175 g/mol. The van der Waals surface area contributed by atoms with E-state index >= 15 is 0 Å². The summed E-state index contributed by atoms with van der Waals surface area (Å²) >= 11 is 0. The van der Waals surface area contributed by atoms with Gasteiger partial charge in [-0.2, -0.15) is 14.6 Å². The molecule has 0 bridgehead atoms. The lowest BCUT2D eigenvalue weighted by Gasteiger charge is -2.11. The third-order valence-corrected chi connectivity index (χ3v) is 2.23. The zero-order valence-corrected chi connectivity index (χ0v) is 7.58. The van der Waals surface area contributed by atoms with Crippen molar-refractivity contribution in [3.8, 4) is 0 Å². The summed E-state index contributed by atoms with van der Waals surface area (Å²) in [6.07, 6.45) is 0.566. The van der Waals surface area contributed by atoms with E-state index in [9.17, 15) is 14.0 Å². The molecule has 1 unspecified atom stereocenters. The molecule has 0 aromatic rings. The molecule has 4 nitrogen and oxygen atoms in total. The average molecular weight is 186 g/mol. The average Bonchev–Trinajstić information content (AvgIpc) is 2.84. The van der Waals surface area contributed by atoms with Crippen molar-refractivity contribution in [3.05, 3.63) is 0 Å². The number of ketones is 1. The van der Waals surface area contributed by atoms with Gasteiger partial charge in [0.15, 0.2) is 5.78 Å². The number of halogens is 1. The second-order valence-corrected chi connectivity index (χ2v) is 3.00. The monoisotopic (exact) mass is 186 g/mol. The minimum Gasteiger partial charge on any atom is -0.294 e. The highest BCUT2D eigenvalue weighted by molar-refractivity contribution is 6.04. The Balaban J connectivity index is 2.71. The van der Waals surface area contributed by atoms with Crippen molar-refractivity contribution in [3.63, 3.8) is 0 Å². The predicted octanol–water partition coefficient (Wildman–Crippen LogP) is 1.65. The summed E-state index contributed by atoms with van der Waals surface area (Å²) < 4.78 is 12.4. The zero-order valence-electron chi connectivity index (χ0n) is 7.58. The van der Waals surface area contributed by atoms with Gasteiger partial charge in [-0.25, -0.2) is 0 Å². The van der Waals surface area contributed by atoms with Gasteiger partial charge in [-0.05, 0) is 6.42 Å². The minimum atomic E-state index is -1.59. The van der Waals surface area contributed by atoms with Gasteiger partial charge in [-0.15, -0.1) is 0 Å². The normalized spacial score (nSPS) is 19.6. The Morgan fingerprint density at radius 1 is 1.38 bits per heavy atom. The molecule has 0 aliphatic carbocycles. The topological polar surface area (TPSA) is 58.9 Å². The van der Waals surface area contributed by atoms with Crippen molar-refractivity contribution in [2.45, 2.75) is 32.4 Å². The van der Waals surface area contributed by atoms with Gasteiger partial charge in [0.05, 0.1) is 0 Å². The molecule has 1 aliphatic rings. The van der Waals surface area contributed by atoms with Gasteiger partial charge in [0.2, 0.25) is 5.66 Å². The summed E-state index contributed by atoms with van der Waals surface area (Å²) in [4.78, 5) is 21.9. The van der Waals surface area contributed by atoms with E-state index in [1.54, 1.807) is 13.8 Å². The first-order chi connectivity index (χ1) is 6.07. The van der Waals surface area contributed by atoms with Crippen LogP contribution in [0, 0.1) is 5.92 Å². The Morgan fingerprint density at radius 2 is 1.92 bits per heavy atom. The van der Waals surface area contributed by atoms with Crippen LogP contribution < -0.4 is 0 Å². The molecule has 0 radical (unpaired) electrons. The fraction of sp³-hybridized carbons (Fsp3) is 0.750. The van der Waals surface area contributed by atoms with Gasteiger partial charge in [0.25, 0.3) is 0 Å². The van der Waals surface area contributed by atoms with Crippen molar-refractivity contribution < 1.29 is 14.0 Å². The number of hydrogen-bond acceptors (Lipinski definition) is 4. The van der Waals surface area contributed by atoms with Gasteiger partial charge in [0, 0.05) is 6.42 Å². The molecule has 0 aromatic carbocycles. The van der Waals surface area contributed by atoms with Crippen LogP contribution in [-0.2, 0) is 9.59 Å². The molecule has 1 rings (SSSR count). The lowest BCUT2D eigenvalue weighted by atomic mass is 9.92. The molecule has 1 aliphatic heterocycles. The minimum absolute atomic E-state index is 0.168. The second-order valence-electron chi connectivity index (χ2n) is 3.00. The van der Waals surface area contributed by atoms with E-state index in [0.29, 0.717) is 6.42 Å². The zero-order chi connectivity index (χ0) is 10.1. The van der Waals surface area contributed by atoms with E-state index in [-0.39, 0.29) is 6.42 Å². The molecule has 1 atom stereocenters. The van der Waals surface area contributed by atoms with E-state index in [1.165, 1.54) is 0 Å². The third-order valence-electron chi connectivity index (χ3n) is 2.23. The molecule has 5 heteroatoms. The third kappa shape index (κ3) is 1.64. The molecule has 0 aromatic heterocycles. The maximum atomic E-state index is 12.4. The maximum Gasteiger partial charge on any atom is 0.312 e. The number of nitrogens with zero attached hydrogens (tertiary/aromatic N) is 2. The first-order valence-corrected chi connectivity index (χ1v) is 4.25. The van der Waals surface area contributed by atoms with E-state index in [0.717, 1.165) is 0 Å². The van der Waals surface area contributed by atoms with Crippen molar-refractivity contribution in [1.29, 1.82) is 0 Å². The molecule has 0 saturated carbocycles. The van der Waals surface area contributed by atoms with Crippen LogP contribution in [0.5, 0.6) is 0 Å². The standard InChI is InChI=1S/C8H11FN2O2/c1-3-5(7(9)13)6(12)8(4-2)10-11-8/h5H,3-4H2,1-2H3. The van der Waals surface area contributed by atoms with Crippen LogP contribution in [0.15, 0.2) is 10.2 Å². The fourth-order valence-corrected chi connectivity index (χ4v) is 1.20. The molecule has 72 valence electrons. The first-order valence-electron chi connectivity index (χ1n) is 4.25. The summed E-state index contributed by atoms with van der Waals surface area (Å²) in [5.74, 6) is -1.69. The molecule has 0 N–H and O–H groups in total. The van der Waals surface area contributed by atoms with Crippen molar-refractivity contribution in [2.75, 3.05) is 0 Å².